The third kappa shape index (κ3) is 3.36. The molecule has 0 amide bonds. The molecule has 0 aromatic heterocycles. The summed E-state index contributed by atoms with van der Waals surface area (Å²) in [6.07, 6.45) is 0. The van der Waals surface area contributed by atoms with E-state index < -0.39 is 0 Å². The first-order chi connectivity index (χ1) is 11.6. The Morgan fingerprint density at radius 2 is 2.08 bits per heavy atom. The quantitative estimate of drug-likeness (QED) is 0.631. The Bertz CT molecular complexity index is 856. The zero-order valence-electron chi connectivity index (χ0n) is 13.3. The van der Waals surface area contributed by atoms with E-state index in [4.69, 9.17) is 22.3 Å². The first-order valence-corrected chi connectivity index (χ1v) is 9.14. The van der Waals surface area contributed by atoms with Gasteiger partial charge in [0.05, 0.1) is 11.6 Å². The molecule has 130 valence electrons. The summed E-state index contributed by atoms with van der Waals surface area (Å²) in [6.45, 7) is 1.82. The minimum absolute atomic E-state index is 0. The summed E-state index contributed by atoms with van der Waals surface area (Å²) >= 11 is 7.80. The summed E-state index contributed by atoms with van der Waals surface area (Å²) in [7, 11) is 0. The number of nitrogens with two attached hydrogens (primary N) is 1. The number of carbonyl (C=O) groups is 1. The predicted octanol–water partition coefficient (Wildman–Crippen LogP) is 4.03. The maximum absolute atomic E-state index is 13.0. The van der Waals surface area contributed by atoms with E-state index >= 15 is 0 Å². The third-order valence-corrected chi connectivity index (χ3v) is 5.57. The number of rotatable bonds is 3. The molecular formula is C18H17Cl2N3OS. The van der Waals surface area contributed by atoms with Crippen LogP contribution in [0.15, 0.2) is 47.5 Å². The number of hydrogen-bond acceptors (Lipinski definition) is 5. The van der Waals surface area contributed by atoms with Crippen LogP contribution in [0.3, 0.4) is 0 Å². The van der Waals surface area contributed by atoms with Crippen molar-refractivity contribution in [1.29, 1.82) is 0 Å². The van der Waals surface area contributed by atoms with Crippen LogP contribution in [0.5, 0.6) is 0 Å². The molecule has 25 heavy (non-hydrogen) atoms. The van der Waals surface area contributed by atoms with Gasteiger partial charge in [0.2, 0.25) is 0 Å². The van der Waals surface area contributed by atoms with Crippen molar-refractivity contribution in [3.8, 4) is 0 Å². The van der Waals surface area contributed by atoms with Crippen LogP contribution in [0.25, 0.3) is 0 Å². The minimum Gasteiger partial charge on any atom is -0.398 e. The van der Waals surface area contributed by atoms with Crippen LogP contribution in [-0.2, 0) is 0 Å². The van der Waals surface area contributed by atoms with Crippen molar-refractivity contribution >= 4 is 52.4 Å². The molecule has 0 saturated carbocycles. The van der Waals surface area contributed by atoms with Gasteiger partial charge in [-0.1, -0.05) is 47.6 Å². The molecule has 1 atom stereocenters. The van der Waals surface area contributed by atoms with Gasteiger partial charge in [0.15, 0.2) is 11.0 Å². The topological polar surface area (TPSA) is 58.7 Å². The van der Waals surface area contributed by atoms with Crippen LogP contribution in [-0.4, -0.2) is 34.7 Å². The van der Waals surface area contributed by atoms with E-state index in [9.17, 15) is 4.79 Å². The molecule has 2 aromatic rings. The highest BCUT2D eigenvalue weighted by Crippen LogP contribution is 2.36. The lowest BCUT2D eigenvalue weighted by Gasteiger charge is -2.17. The van der Waals surface area contributed by atoms with E-state index in [1.807, 2.05) is 12.1 Å². The van der Waals surface area contributed by atoms with Crippen molar-refractivity contribution in [2.24, 2.45) is 4.99 Å². The summed E-state index contributed by atoms with van der Waals surface area (Å²) < 4.78 is 0. The van der Waals surface area contributed by atoms with E-state index in [-0.39, 0.29) is 24.2 Å². The lowest BCUT2D eigenvalue weighted by Crippen LogP contribution is -2.22. The highest BCUT2D eigenvalue weighted by molar-refractivity contribution is 8.14. The molecule has 2 heterocycles. The number of hydrogen-bond donors (Lipinski definition) is 1. The zero-order valence-corrected chi connectivity index (χ0v) is 15.7. The highest BCUT2D eigenvalue weighted by atomic mass is 35.5. The lowest BCUT2D eigenvalue weighted by atomic mass is 9.93. The van der Waals surface area contributed by atoms with Gasteiger partial charge < -0.3 is 10.6 Å². The van der Waals surface area contributed by atoms with Crippen LogP contribution in [0.2, 0.25) is 5.02 Å². The molecule has 1 fully saturated rings. The van der Waals surface area contributed by atoms with Crippen LogP contribution < -0.4 is 5.73 Å². The standard InChI is InChI=1S/C18H16ClN3OS.ClH/c19-12-4-1-3-11(9-12)17(23)16-13(5-2-6-14(16)20)15-10-22-7-8-24-18(22)21-15;/h1-6,9,15H,7-8,10,20H2;1H. The largest absolute Gasteiger partial charge is 0.398 e. The van der Waals surface area contributed by atoms with Crippen LogP contribution >= 0.6 is 35.8 Å². The Kier molecular flexibility index (Phi) is 5.27. The van der Waals surface area contributed by atoms with Gasteiger partial charge in [-0.05, 0) is 23.8 Å². The Balaban J connectivity index is 0.00000182. The molecule has 4 rings (SSSR count). The van der Waals surface area contributed by atoms with E-state index in [2.05, 4.69) is 4.90 Å². The number of nitrogens with zero attached hydrogens (tertiary/aromatic N) is 2. The Hall–Kier alpha value is -1.69. The summed E-state index contributed by atoms with van der Waals surface area (Å²) in [5, 5.41) is 1.61. The summed E-state index contributed by atoms with van der Waals surface area (Å²) in [4.78, 5) is 20.1. The van der Waals surface area contributed by atoms with Crippen molar-refractivity contribution in [2.45, 2.75) is 6.04 Å². The number of benzene rings is 2. The normalized spacial score (nSPS) is 18.5. The Morgan fingerprint density at radius 3 is 2.84 bits per heavy atom. The number of fused-ring (bicyclic) bond motifs is 1. The van der Waals surface area contributed by atoms with E-state index in [1.54, 1.807) is 42.1 Å². The number of thioether (sulfide) groups is 1. The van der Waals surface area contributed by atoms with Crippen LogP contribution in [0, 0.1) is 0 Å². The van der Waals surface area contributed by atoms with Crippen LogP contribution in [0.1, 0.15) is 27.5 Å². The van der Waals surface area contributed by atoms with Gasteiger partial charge in [-0.25, -0.2) is 0 Å². The molecular weight excluding hydrogens is 377 g/mol. The number of carbonyl (C=O) groups excluding carboxylic acids is 1. The summed E-state index contributed by atoms with van der Waals surface area (Å²) in [5.74, 6) is 0.974. The molecule has 0 radical (unpaired) electrons. The first kappa shape index (κ1) is 18.1. The van der Waals surface area contributed by atoms with Crippen molar-refractivity contribution in [3.63, 3.8) is 0 Å². The van der Waals surface area contributed by atoms with Gasteiger partial charge in [0, 0.05) is 35.1 Å². The molecule has 7 heteroatoms. The lowest BCUT2D eigenvalue weighted by molar-refractivity contribution is 0.103. The second-order valence-electron chi connectivity index (χ2n) is 5.87. The number of anilines is 1. The zero-order chi connectivity index (χ0) is 16.7. The third-order valence-electron chi connectivity index (χ3n) is 4.32. The van der Waals surface area contributed by atoms with Crippen molar-refractivity contribution < 1.29 is 4.79 Å². The fourth-order valence-electron chi connectivity index (χ4n) is 3.18. The average Bonchev–Trinajstić information content (AvgIpc) is 3.15. The maximum Gasteiger partial charge on any atom is 0.195 e. The van der Waals surface area contributed by atoms with E-state index in [0.717, 1.165) is 29.6 Å². The molecule has 2 aliphatic rings. The number of halogens is 2. The van der Waals surface area contributed by atoms with Crippen LogP contribution in [0.4, 0.5) is 5.69 Å². The van der Waals surface area contributed by atoms with Gasteiger partial charge in [0.1, 0.15) is 0 Å². The van der Waals surface area contributed by atoms with Crippen molar-refractivity contribution in [2.75, 3.05) is 24.6 Å². The maximum atomic E-state index is 13.0. The molecule has 2 aliphatic heterocycles. The molecule has 0 bridgehead atoms. The van der Waals surface area contributed by atoms with E-state index in [1.165, 1.54) is 0 Å². The first-order valence-electron chi connectivity index (χ1n) is 7.77. The van der Waals surface area contributed by atoms with Crippen molar-refractivity contribution in [1.82, 2.24) is 4.90 Å². The number of nitrogen functional groups attached to an aromatic ring is 1. The average molecular weight is 394 g/mol. The monoisotopic (exact) mass is 393 g/mol. The van der Waals surface area contributed by atoms with Gasteiger partial charge in [0.25, 0.3) is 0 Å². The second kappa shape index (κ2) is 7.28. The van der Waals surface area contributed by atoms with Gasteiger partial charge in [-0.3, -0.25) is 9.79 Å². The molecule has 1 unspecified atom stereocenters. The second-order valence-corrected chi connectivity index (χ2v) is 7.37. The number of amidine groups is 1. The molecule has 2 N–H and O–H groups in total. The molecule has 4 nitrogen and oxygen atoms in total. The molecule has 0 spiro atoms. The number of ketones is 1. The molecule has 1 saturated heterocycles. The SMILES string of the molecule is Cl.Nc1cccc(C2CN3CCSC3=N2)c1C(=O)c1cccc(Cl)c1. The Morgan fingerprint density at radius 1 is 1.28 bits per heavy atom. The van der Waals surface area contributed by atoms with Crippen molar-refractivity contribution in [3.05, 3.63) is 64.2 Å². The van der Waals surface area contributed by atoms with Gasteiger partial charge >= 0.3 is 0 Å². The smallest absolute Gasteiger partial charge is 0.195 e. The fraction of sp³-hybridized carbons (Fsp3) is 0.222. The Labute approximate surface area is 161 Å². The fourth-order valence-corrected chi connectivity index (χ4v) is 4.41. The summed E-state index contributed by atoms with van der Waals surface area (Å²) in [5.41, 5.74) is 8.62. The van der Waals surface area contributed by atoms with Gasteiger partial charge in [-0.15, -0.1) is 12.4 Å². The molecule has 2 aromatic carbocycles. The predicted molar refractivity (Wildman–Crippen MR) is 107 cm³/mol. The summed E-state index contributed by atoms with van der Waals surface area (Å²) in [6, 6.07) is 12.5. The van der Waals surface area contributed by atoms with Gasteiger partial charge in [-0.2, -0.15) is 0 Å². The number of aliphatic imine (C=N–C) groups is 1. The highest BCUT2D eigenvalue weighted by Gasteiger charge is 2.32. The molecule has 0 aliphatic carbocycles. The van der Waals surface area contributed by atoms with E-state index in [0.29, 0.717) is 21.8 Å². The minimum atomic E-state index is -0.106.